The lowest BCUT2D eigenvalue weighted by molar-refractivity contribution is 0.363. The maximum atomic E-state index is 8.63. The molecule has 192 valence electrons. The van der Waals surface area contributed by atoms with Gasteiger partial charge in [0.2, 0.25) is 0 Å². The number of benzene rings is 4. The number of phenolic OH excluding ortho intramolecular Hbond substituents is 1. The third kappa shape index (κ3) is 16.0. The highest BCUT2D eigenvalue weighted by Crippen LogP contribution is 2.12. The summed E-state index contributed by atoms with van der Waals surface area (Å²) in [5.74, 6) is 2.53. The number of aromatic hydroxyl groups is 1. The highest BCUT2D eigenvalue weighted by Gasteiger charge is 1.94. The van der Waals surface area contributed by atoms with E-state index in [4.69, 9.17) is 9.84 Å². The minimum atomic E-state index is 0. The van der Waals surface area contributed by atoms with Crippen LogP contribution in [0, 0.1) is 0 Å². The molecule has 0 unspecified atom stereocenters. The van der Waals surface area contributed by atoms with Crippen LogP contribution in [0.3, 0.4) is 0 Å². The summed E-state index contributed by atoms with van der Waals surface area (Å²) < 4.78 is 5.24. The molecule has 0 aliphatic carbocycles. The summed E-state index contributed by atoms with van der Waals surface area (Å²) in [7, 11) is 0. The molecule has 36 heavy (non-hydrogen) atoms. The highest BCUT2D eigenvalue weighted by molar-refractivity contribution is 5.21. The van der Waals surface area contributed by atoms with Crippen molar-refractivity contribution in [2.24, 2.45) is 0 Å². The minimum Gasteiger partial charge on any atom is -0.508 e. The molecule has 0 radical (unpaired) electrons. The van der Waals surface area contributed by atoms with E-state index in [0.29, 0.717) is 24.2 Å². The molecule has 2 heteroatoms. The van der Waals surface area contributed by atoms with Crippen molar-refractivity contribution in [2.45, 2.75) is 47.0 Å². The van der Waals surface area contributed by atoms with Gasteiger partial charge < -0.3 is 9.84 Å². The quantitative estimate of drug-likeness (QED) is 0.286. The van der Waals surface area contributed by atoms with Crippen LogP contribution in [0.5, 0.6) is 11.5 Å². The maximum absolute atomic E-state index is 8.63. The summed E-state index contributed by atoms with van der Waals surface area (Å²) in [6.45, 7) is 12.9. The molecule has 4 rings (SSSR count). The SMILES string of the molecule is C.C=CCOc1ccccc1.CC(C)c1ccccc1.CC(C)c1ccccc1.Oc1ccccc1. The number of ether oxygens (including phenoxy) is 1. The standard InChI is InChI=1S/C9H10O.2C9H12.C6H6O.CH4/c1-2-8-10-9-6-4-3-5-7-9;2*1-8(2)9-6-4-3-5-7-9;7-6-4-2-1-3-5-6;/h2-7H,1,8H2;2*3-8H,1-2H3;1-5,7H;1H4. The smallest absolute Gasteiger partial charge is 0.119 e. The molecule has 0 spiro atoms. The van der Waals surface area contributed by atoms with Crippen LogP contribution in [0.1, 0.15) is 58.1 Å². The van der Waals surface area contributed by atoms with Crippen LogP contribution in [0.15, 0.2) is 134 Å². The first-order valence-corrected chi connectivity index (χ1v) is 12.1. The van der Waals surface area contributed by atoms with Gasteiger partial charge in [-0.2, -0.15) is 0 Å². The molecule has 0 saturated carbocycles. The number of para-hydroxylation sites is 2. The third-order valence-corrected chi connectivity index (χ3v) is 4.80. The second kappa shape index (κ2) is 20.6. The van der Waals surface area contributed by atoms with Gasteiger partial charge in [-0.1, -0.05) is 145 Å². The van der Waals surface area contributed by atoms with E-state index < -0.39 is 0 Å². The van der Waals surface area contributed by atoms with Gasteiger partial charge in [0.1, 0.15) is 18.1 Å². The molecule has 0 aliphatic rings. The number of phenols is 1. The normalized spacial score (nSPS) is 9.17. The molecule has 0 heterocycles. The Morgan fingerprint density at radius 2 is 0.944 bits per heavy atom. The lowest BCUT2D eigenvalue weighted by Crippen LogP contribution is -1.91. The summed E-state index contributed by atoms with van der Waals surface area (Å²) in [5.41, 5.74) is 2.83. The molecule has 0 aromatic heterocycles. The van der Waals surface area contributed by atoms with Gasteiger partial charge >= 0.3 is 0 Å². The van der Waals surface area contributed by atoms with Crippen LogP contribution in [0.4, 0.5) is 0 Å². The molecule has 1 N–H and O–H groups in total. The monoisotopic (exact) mass is 484 g/mol. The van der Waals surface area contributed by atoms with Gasteiger partial charge in [-0.3, -0.25) is 0 Å². The molecule has 0 atom stereocenters. The Morgan fingerprint density at radius 1 is 0.611 bits per heavy atom. The molecule has 4 aromatic rings. The van der Waals surface area contributed by atoms with Crippen molar-refractivity contribution in [1.29, 1.82) is 0 Å². The van der Waals surface area contributed by atoms with Gasteiger partial charge in [0.05, 0.1) is 0 Å². The van der Waals surface area contributed by atoms with Crippen molar-refractivity contribution in [3.63, 3.8) is 0 Å². The first kappa shape index (κ1) is 32.2. The highest BCUT2D eigenvalue weighted by atomic mass is 16.5. The molecular weight excluding hydrogens is 440 g/mol. The zero-order valence-corrected chi connectivity index (χ0v) is 21.5. The average Bonchev–Trinajstić information content (AvgIpc) is 2.91. The first-order chi connectivity index (χ1) is 16.9. The van der Waals surface area contributed by atoms with Gasteiger partial charge in [-0.15, -0.1) is 0 Å². The van der Waals surface area contributed by atoms with Crippen molar-refractivity contribution in [2.75, 3.05) is 6.61 Å². The Morgan fingerprint density at radius 3 is 1.19 bits per heavy atom. The topological polar surface area (TPSA) is 29.5 Å². The summed E-state index contributed by atoms with van der Waals surface area (Å²) in [5, 5.41) is 8.63. The van der Waals surface area contributed by atoms with Gasteiger partial charge in [-0.25, -0.2) is 0 Å². The molecule has 0 aliphatic heterocycles. The van der Waals surface area contributed by atoms with E-state index in [0.717, 1.165) is 5.75 Å². The summed E-state index contributed by atoms with van der Waals surface area (Å²) in [6, 6.07) is 39.4. The first-order valence-electron chi connectivity index (χ1n) is 12.1. The maximum Gasteiger partial charge on any atom is 0.119 e. The fraction of sp³-hybridized carbons (Fsp3) is 0.235. The van der Waals surface area contributed by atoms with E-state index >= 15 is 0 Å². The fourth-order valence-corrected chi connectivity index (χ4v) is 2.78. The second-order valence-electron chi connectivity index (χ2n) is 8.38. The number of rotatable bonds is 5. The number of hydrogen-bond donors (Lipinski definition) is 1. The van der Waals surface area contributed by atoms with Gasteiger partial charge in [0.15, 0.2) is 0 Å². The van der Waals surface area contributed by atoms with Gasteiger partial charge in [0, 0.05) is 0 Å². The molecule has 2 nitrogen and oxygen atoms in total. The lowest BCUT2D eigenvalue weighted by atomic mass is 10.0. The van der Waals surface area contributed by atoms with Crippen molar-refractivity contribution in [1.82, 2.24) is 0 Å². The zero-order chi connectivity index (χ0) is 25.7. The van der Waals surface area contributed by atoms with Crippen molar-refractivity contribution >= 4 is 0 Å². The largest absolute Gasteiger partial charge is 0.508 e. The summed E-state index contributed by atoms with van der Waals surface area (Å²) >= 11 is 0. The van der Waals surface area contributed by atoms with E-state index in [1.807, 2.05) is 48.5 Å². The molecule has 0 amide bonds. The zero-order valence-electron chi connectivity index (χ0n) is 21.5. The van der Waals surface area contributed by atoms with Crippen LogP contribution in [-0.2, 0) is 0 Å². The van der Waals surface area contributed by atoms with Crippen LogP contribution in [0.25, 0.3) is 0 Å². The van der Waals surface area contributed by atoms with Crippen LogP contribution in [0.2, 0.25) is 0 Å². The van der Waals surface area contributed by atoms with Crippen LogP contribution < -0.4 is 4.74 Å². The average molecular weight is 485 g/mol. The number of hydrogen-bond acceptors (Lipinski definition) is 2. The van der Waals surface area contributed by atoms with Crippen LogP contribution in [-0.4, -0.2) is 11.7 Å². The third-order valence-electron chi connectivity index (χ3n) is 4.80. The van der Waals surface area contributed by atoms with Gasteiger partial charge in [-0.05, 0) is 47.2 Å². The Bertz CT molecular complexity index is 953. The Labute approximate surface area is 219 Å². The minimum absolute atomic E-state index is 0. The Balaban J connectivity index is 0.000000452. The van der Waals surface area contributed by atoms with E-state index in [1.165, 1.54) is 11.1 Å². The van der Waals surface area contributed by atoms with Crippen molar-refractivity contribution < 1.29 is 9.84 Å². The fourth-order valence-electron chi connectivity index (χ4n) is 2.78. The van der Waals surface area contributed by atoms with E-state index in [-0.39, 0.29) is 7.43 Å². The molecule has 0 fully saturated rings. The van der Waals surface area contributed by atoms with Gasteiger partial charge in [0.25, 0.3) is 0 Å². The molecule has 4 aromatic carbocycles. The van der Waals surface area contributed by atoms with Crippen molar-refractivity contribution in [3.05, 3.63) is 145 Å². The molecular formula is C34H44O2. The Kier molecular flexibility index (Phi) is 18.4. The predicted octanol–water partition coefficient (Wildman–Crippen LogP) is 9.90. The summed E-state index contributed by atoms with van der Waals surface area (Å²) in [6.07, 6.45) is 1.73. The van der Waals surface area contributed by atoms with E-state index in [2.05, 4.69) is 82.8 Å². The Hall–Kier alpha value is -3.78. The molecule has 0 bridgehead atoms. The lowest BCUT2D eigenvalue weighted by Gasteiger charge is -2.01. The summed E-state index contributed by atoms with van der Waals surface area (Å²) in [4.78, 5) is 0. The second-order valence-corrected chi connectivity index (χ2v) is 8.38. The molecule has 0 saturated heterocycles. The predicted molar refractivity (Wildman–Crippen MR) is 158 cm³/mol. The van der Waals surface area contributed by atoms with Crippen molar-refractivity contribution in [3.8, 4) is 11.5 Å². The van der Waals surface area contributed by atoms with Crippen LogP contribution >= 0.6 is 0 Å². The van der Waals surface area contributed by atoms with E-state index in [1.54, 1.807) is 30.3 Å². The van der Waals surface area contributed by atoms with E-state index in [9.17, 15) is 0 Å².